The largest absolute Gasteiger partial charge is 0.441 e. The van der Waals surface area contributed by atoms with Gasteiger partial charge in [-0.15, -0.1) is 7.77 Å². The number of hydrogen-bond donors (Lipinski definition) is 1. The average Bonchev–Trinajstić information content (AvgIpc) is 2.31. The van der Waals surface area contributed by atoms with E-state index in [9.17, 15) is 33.9 Å². The number of anilines is 1. The Morgan fingerprint density at radius 3 is 1.76 bits per heavy atom. The molecule has 0 aliphatic heterocycles. The van der Waals surface area contributed by atoms with E-state index in [2.05, 4.69) is 0 Å². The minimum atomic E-state index is -8.39. The molecule has 0 aromatic heterocycles. The molecule has 0 bridgehead atoms. The summed E-state index contributed by atoms with van der Waals surface area (Å²) in [5.41, 5.74) is 4.68. The molecule has 1 aromatic rings. The molecule has 1 rings (SSSR count). The summed E-state index contributed by atoms with van der Waals surface area (Å²) in [6, 6.07) is 0.0979. The fourth-order valence-corrected chi connectivity index (χ4v) is 3.49. The predicted molar refractivity (Wildman–Crippen MR) is 65.4 cm³/mol. The van der Waals surface area contributed by atoms with Gasteiger partial charge >= 0.3 is 11.2 Å². The van der Waals surface area contributed by atoms with E-state index in [1.165, 1.54) is 0 Å². The van der Waals surface area contributed by atoms with Crippen molar-refractivity contribution in [3.8, 4) is 0 Å². The molecule has 0 fully saturated rings. The van der Waals surface area contributed by atoms with Crippen LogP contribution in [0.25, 0.3) is 0 Å². The van der Waals surface area contributed by atoms with Crippen LogP contribution in [0.2, 0.25) is 10.0 Å². The molecular formula is C9H6Cl2F7NOS. The van der Waals surface area contributed by atoms with Crippen LogP contribution in [0.4, 0.5) is 35.4 Å². The van der Waals surface area contributed by atoms with Crippen molar-refractivity contribution in [2.75, 3.05) is 12.4 Å². The van der Waals surface area contributed by atoms with E-state index < -0.39 is 48.3 Å². The van der Waals surface area contributed by atoms with Crippen LogP contribution in [-0.4, -0.2) is 22.1 Å². The molecule has 2 nitrogen and oxygen atoms in total. The second-order valence-corrected chi connectivity index (χ2v) is 7.38. The Labute approximate surface area is 124 Å². The molecule has 0 radical (unpaired) electrons. The molecule has 21 heavy (non-hydrogen) atoms. The van der Waals surface area contributed by atoms with E-state index in [4.69, 9.17) is 28.9 Å². The summed E-state index contributed by atoms with van der Waals surface area (Å²) >= 11 is 10.7. The number of benzene rings is 1. The van der Waals surface area contributed by atoms with Gasteiger partial charge in [-0.25, -0.2) is 13.0 Å². The monoisotopic (exact) mass is 379 g/mol. The van der Waals surface area contributed by atoms with Crippen LogP contribution in [0, 0.1) is 0 Å². The van der Waals surface area contributed by atoms with Gasteiger partial charge in [-0.3, -0.25) is 0 Å². The van der Waals surface area contributed by atoms with Crippen molar-refractivity contribution in [1.29, 1.82) is 0 Å². The highest BCUT2D eigenvalue weighted by Gasteiger charge is 2.76. The first-order valence-electron chi connectivity index (χ1n) is 4.83. The molecular weight excluding hydrogens is 374 g/mol. The highest BCUT2D eigenvalue weighted by molar-refractivity contribution is 8.12. The molecule has 1 atom stereocenters. The summed E-state index contributed by atoms with van der Waals surface area (Å²) in [5, 5.41) is -7.47. The van der Waals surface area contributed by atoms with Crippen LogP contribution < -0.4 is 5.73 Å². The zero-order valence-electron chi connectivity index (χ0n) is 9.66. The van der Waals surface area contributed by atoms with Gasteiger partial charge < -0.3 is 5.73 Å². The van der Waals surface area contributed by atoms with E-state index in [1.807, 2.05) is 0 Å². The van der Waals surface area contributed by atoms with Crippen LogP contribution in [0.5, 0.6) is 0 Å². The molecule has 12 heteroatoms. The van der Waals surface area contributed by atoms with Crippen LogP contribution >= 0.6 is 23.2 Å². The number of halogens is 9. The van der Waals surface area contributed by atoms with Crippen molar-refractivity contribution >= 4 is 38.7 Å². The topological polar surface area (TPSA) is 43.1 Å². The molecule has 0 aliphatic rings. The maximum absolute atomic E-state index is 13.9. The lowest BCUT2D eigenvalue weighted by molar-refractivity contribution is -0.205. The van der Waals surface area contributed by atoms with E-state index >= 15 is 0 Å². The maximum Gasteiger partial charge on any atom is 0.441 e. The van der Waals surface area contributed by atoms with Gasteiger partial charge in [0.1, 0.15) is 6.67 Å². The van der Waals surface area contributed by atoms with Crippen LogP contribution in [0.3, 0.4) is 0 Å². The Morgan fingerprint density at radius 1 is 1.10 bits per heavy atom. The zero-order chi connectivity index (χ0) is 16.9. The molecule has 0 saturated carbocycles. The van der Waals surface area contributed by atoms with Crippen molar-refractivity contribution in [2.45, 2.75) is 16.1 Å². The third-order valence-electron chi connectivity index (χ3n) is 2.58. The maximum atomic E-state index is 13.9. The van der Waals surface area contributed by atoms with Crippen molar-refractivity contribution in [3.05, 3.63) is 22.2 Å². The highest BCUT2D eigenvalue weighted by atomic mass is 35.5. The highest BCUT2D eigenvalue weighted by Crippen LogP contribution is 2.58. The first kappa shape index (κ1) is 18.3. The summed E-state index contributed by atoms with van der Waals surface area (Å²) in [7, 11) is -8.39. The normalized spacial score (nSPS) is 17.9. The van der Waals surface area contributed by atoms with Gasteiger partial charge in [-0.05, 0) is 12.1 Å². The fourth-order valence-electron chi connectivity index (χ4n) is 1.30. The van der Waals surface area contributed by atoms with E-state index in [0.717, 1.165) is 0 Å². The van der Waals surface area contributed by atoms with Crippen molar-refractivity contribution in [2.24, 2.45) is 0 Å². The summed E-state index contributed by atoms with van der Waals surface area (Å²) in [5.74, 6) is 0. The molecule has 2 N–H and O–H groups in total. The van der Waals surface area contributed by atoms with Gasteiger partial charge in [0, 0.05) is 0 Å². The lowest BCUT2D eigenvalue weighted by Crippen LogP contribution is -2.57. The fraction of sp³-hybridized carbons (Fsp3) is 0.333. The lowest BCUT2D eigenvalue weighted by atomic mass is 10.3. The summed E-state index contributed by atoms with van der Waals surface area (Å²) in [4.78, 5) is -1.99. The van der Waals surface area contributed by atoms with Crippen LogP contribution in [0.15, 0.2) is 17.0 Å². The van der Waals surface area contributed by atoms with Crippen LogP contribution in [-0.2, 0) is 9.84 Å². The number of alkyl halides is 5. The first-order valence-corrected chi connectivity index (χ1v) is 7.35. The third kappa shape index (κ3) is 2.57. The smallest absolute Gasteiger partial charge is 0.396 e. The minimum Gasteiger partial charge on any atom is -0.396 e. The quantitative estimate of drug-likeness (QED) is 0.469. The number of nitrogen functional groups attached to an aromatic ring is 1. The van der Waals surface area contributed by atoms with E-state index in [0.29, 0.717) is 0 Å². The zero-order valence-corrected chi connectivity index (χ0v) is 12.0. The molecule has 0 heterocycles. The predicted octanol–water partition coefficient (Wildman–Crippen LogP) is 4.72. The number of nitrogens with two attached hydrogens (primary N) is 1. The summed E-state index contributed by atoms with van der Waals surface area (Å²) < 4.78 is 103. The Morgan fingerprint density at radius 2 is 1.48 bits per heavy atom. The van der Waals surface area contributed by atoms with Crippen LogP contribution in [0.1, 0.15) is 0 Å². The second kappa shape index (κ2) is 4.88. The van der Waals surface area contributed by atoms with Crippen molar-refractivity contribution < 1.29 is 33.9 Å². The van der Waals surface area contributed by atoms with E-state index in [-0.39, 0.29) is 12.1 Å². The van der Waals surface area contributed by atoms with Gasteiger partial charge in [0.15, 0.2) is 0 Å². The average molecular weight is 380 g/mol. The Bertz CT molecular complexity index is 620. The van der Waals surface area contributed by atoms with Crippen molar-refractivity contribution in [1.82, 2.24) is 0 Å². The number of hydrogen-bond acceptors (Lipinski definition) is 2. The standard InChI is InChI=1S/C9H6Cl2F7NOS/c10-5-1-4(2-6(11)7(5)19)21(17,18,20)8(13,3-12)9(14,15)16/h1-2H,3,19H2. The molecule has 122 valence electrons. The van der Waals surface area contributed by atoms with Gasteiger partial charge in [-0.2, -0.15) is 13.2 Å². The first-order chi connectivity index (χ1) is 9.17. The number of rotatable bonds is 3. The molecule has 0 spiro atoms. The second-order valence-electron chi connectivity index (χ2n) is 3.92. The summed E-state index contributed by atoms with van der Waals surface area (Å²) in [6.07, 6.45) is -6.44. The van der Waals surface area contributed by atoms with Gasteiger partial charge in [-0.1, -0.05) is 23.2 Å². The van der Waals surface area contributed by atoms with Gasteiger partial charge in [0.25, 0.3) is 0 Å². The molecule has 1 aromatic carbocycles. The van der Waals surface area contributed by atoms with Crippen molar-refractivity contribution in [3.63, 3.8) is 0 Å². The molecule has 0 aliphatic carbocycles. The SMILES string of the molecule is Nc1c(Cl)cc(S(=O)(F)(F)C(F)(CF)C(F)(F)F)cc1Cl. The van der Waals surface area contributed by atoms with Gasteiger partial charge in [0.2, 0.25) is 9.84 Å². The molecule has 1 unspecified atom stereocenters. The Kier molecular flexibility index (Phi) is 4.26. The van der Waals surface area contributed by atoms with E-state index in [1.54, 1.807) is 0 Å². The Hall–Kier alpha value is -0.740. The summed E-state index contributed by atoms with van der Waals surface area (Å²) in [6.45, 7) is -3.26. The third-order valence-corrected chi connectivity index (χ3v) is 5.64. The molecule has 0 amide bonds. The Balaban J connectivity index is 3.75. The van der Waals surface area contributed by atoms with Gasteiger partial charge in [0.05, 0.1) is 20.6 Å². The lowest BCUT2D eigenvalue weighted by Gasteiger charge is -2.38. The molecule has 0 saturated heterocycles. The minimum absolute atomic E-state index is 0.0490.